The molecule has 0 aliphatic heterocycles. The number of rotatable bonds is 4. The Morgan fingerprint density at radius 3 is 2.72 bits per heavy atom. The number of nitrogen functional groups attached to an aromatic ring is 1. The molecule has 0 radical (unpaired) electrons. The summed E-state index contributed by atoms with van der Waals surface area (Å²) in [5.74, 6) is 0.00291. The van der Waals surface area contributed by atoms with Gasteiger partial charge < -0.3 is 5.73 Å². The maximum Gasteiger partial charge on any atom is 0.187 e. The summed E-state index contributed by atoms with van der Waals surface area (Å²) in [4.78, 5) is 8.16. The molecule has 0 bridgehead atoms. The van der Waals surface area contributed by atoms with E-state index < -0.39 is 5.82 Å². The Morgan fingerprint density at radius 2 is 2.06 bits per heavy atom. The summed E-state index contributed by atoms with van der Waals surface area (Å²) in [7, 11) is 0. The molecule has 0 spiro atoms. The number of amidine groups is 1. The fourth-order valence-corrected chi connectivity index (χ4v) is 2.23. The van der Waals surface area contributed by atoms with Gasteiger partial charge >= 0.3 is 0 Å². The molecule has 0 aliphatic rings. The highest BCUT2D eigenvalue weighted by Crippen LogP contribution is 2.21. The topological polar surface area (TPSA) is 75.7 Å². The zero-order valence-corrected chi connectivity index (χ0v) is 10.2. The monoisotopic (exact) mass is 262 g/mol. The maximum absolute atomic E-state index is 13.1. The summed E-state index contributed by atoms with van der Waals surface area (Å²) >= 11 is 1.41. The fraction of sp³-hybridized carbons (Fsp3) is 0.0833. The van der Waals surface area contributed by atoms with Crippen molar-refractivity contribution in [2.24, 2.45) is 5.73 Å². The van der Waals surface area contributed by atoms with Crippen molar-refractivity contribution in [1.29, 1.82) is 5.41 Å². The van der Waals surface area contributed by atoms with E-state index >= 15 is 0 Å². The minimum Gasteiger partial charge on any atom is -0.384 e. The standard InChI is InChI=1S/C12H11FN4S/c13-9-3-2-8(10(6-9)11(14)15)7-18-12-16-4-1-5-17-12/h1-6H,7H2,(H3,14,15). The van der Waals surface area contributed by atoms with Gasteiger partial charge in [0.2, 0.25) is 0 Å². The van der Waals surface area contributed by atoms with Gasteiger partial charge in [-0.05, 0) is 23.8 Å². The van der Waals surface area contributed by atoms with Gasteiger partial charge in [-0.1, -0.05) is 17.8 Å². The molecule has 1 aromatic heterocycles. The molecule has 2 aromatic rings. The average Bonchev–Trinajstić information content (AvgIpc) is 2.38. The lowest BCUT2D eigenvalue weighted by Gasteiger charge is -2.07. The second-order valence-corrected chi connectivity index (χ2v) is 4.48. The predicted molar refractivity (Wildman–Crippen MR) is 69.0 cm³/mol. The summed E-state index contributed by atoms with van der Waals surface area (Å²) in [5.41, 5.74) is 6.64. The van der Waals surface area contributed by atoms with Gasteiger partial charge in [-0.2, -0.15) is 0 Å². The van der Waals surface area contributed by atoms with Crippen molar-refractivity contribution in [3.05, 3.63) is 53.6 Å². The molecule has 0 fully saturated rings. The van der Waals surface area contributed by atoms with Crippen LogP contribution in [-0.2, 0) is 5.75 Å². The first kappa shape index (κ1) is 12.5. The molecule has 1 aromatic carbocycles. The van der Waals surface area contributed by atoms with Crippen LogP contribution in [-0.4, -0.2) is 15.8 Å². The molecule has 1 heterocycles. The molecule has 0 aliphatic carbocycles. The number of nitrogens with one attached hydrogen (secondary N) is 1. The average molecular weight is 262 g/mol. The van der Waals surface area contributed by atoms with Crippen molar-refractivity contribution in [2.45, 2.75) is 10.9 Å². The second kappa shape index (κ2) is 5.59. The summed E-state index contributed by atoms with van der Waals surface area (Å²) in [6.45, 7) is 0. The normalized spacial score (nSPS) is 10.3. The molecule has 0 saturated heterocycles. The number of aromatic nitrogens is 2. The number of benzene rings is 1. The van der Waals surface area contributed by atoms with E-state index in [4.69, 9.17) is 11.1 Å². The third-order valence-electron chi connectivity index (χ3n) is 2.26. The Balaban J connectivity index is 2.17. The van der Waals surface area contributed by atoms with Gasteiger partial charge in [0.1, 0.15) is 11.7 Å². The van der Waals surface area contributed by atoms with Crippen molar-refractivity contribution < 1.29 is 4.39 Å². The van der Waals surface area contributed by atoms with Crippen molar-refractivity contribution >= 4 is 17.6 Å². The van der Waals surface area contributed by atoms with E-state index in [0.29, 0.717) is 16.5 Å². The van der Waals surface area contributed by atoms with Gasteiger partial charge in [0.05, 0.1) is 0 Å². The van der Waals surface area contributed by atoms with Crippen LogP contribution in [0.1, 0.15) is 11.1 Å². The molecule has 0 atom stereocenters. The Bertz CT molecular complexity index is 559. The Labute approximate surface area is 108 Å². The predicted octanol–water partition coefficient (Wildman–Crippen LogP) is 2.19. The molecule has 2 rings (SSSR count). The number of hydrogen-bond donors (Lipinski definition) is 2. The zero-order chi connectivity index (χ0) is 13.0. The SMILES string of the molecule is N=C(N)c1cc(F)ccc1CSc1ncccn1. The van der Waals surface area contributed by atoms with Gasteiger partial charge in [0, 0.05) is 23.7 Å². The number of thioether (sulfide) groups is 1. The van der Waals surface area contributed by atoms with Gasteiger partial charge in [0.25, 0.3) is 0 Å². The summed E-state index contributed by atoms with van der Waals surface area (Å²) in [5, 5.41) is 8.06. The smallest absolute Gasteiger partial charge is 0.187 e. The van der Waals surface area contributed by atoms with Gasteiger partial charge in [-0.25, -0.2) is 14.4 Å². The van der Waals surface area contributed by atoms with Crippen LogP contribution < -0.4 is 5.73 Å². The lowest BCUT2D eigenvalue weighted by Crippen LogP contribution is -2.14. The number of nitrogens with zero attached hydrogens (tertiary/aromatic N) is 2. The molecule has 6 heteroatoms. The second-order valence-electron chi connectivity index (χ2n) is 3.54. The maximum atomic E-state index is 13.1. The largest absolute Gasteiger partial charge is 0.384 e. The van der Waals surface area contributed by atoms with E-state index in [1.807, 2.05) is 0 Å². The van der Waals surface area contributed by atoms with Crippen molar-refractivity contribution in [3.8, 4) is 0 Å². The highest BCUT2D eigenvalue weighted by molar-refractivity contribution is 7.98. The minimum atomic E-state index is -0.398. The van der Waals surface area contributed by atoms with Crippen LogP contribution in [0.5, 0.6) is 0 Å². The molecule has 0 amide bonds. The fourth-order valence-electron chi connectivity index (χ4n) is 1.43. The highest BCUT2D eigenvalue weighted by Gasteiger charge is 2.08. The first-order valence-electron chi connectivity index (χ1n) is 5.19. The summed E-state index contributed by atoms with van der Waals surface area (Å²) in [6.07, 6.45) is 3.32. The molecule has 92 valence electrons. The Morgan fingerprint density at radius 1 is 1.33 bits per heavy atom. The molecule has 3 N–H and O–H groups in total. The molecule has 0 unspecified atom stereocenters. The highest BCUT2D eigenvalue weighted by atomic mass is 32.2. The van der Waals surface area contributed by atoms with Crippen LogP contribution in [0.4, 0.5) is 4.39 Å². The van der Waals surface area contributed by atoms with Crippen LogP contribution >= 0.6 is 11.8 Å². The van der Waals surface area contributed by atoms with E-state index in [9.17, 15) is 4.39 Å². The first-order chi connectivity index (χ1) is 8.66. The third-order valence-corrected chi connectivity index (χ3v) is 3.19. The number of nitrogens with two attached hydrogens (primary N) is 1. The van der Waals surface area contributed by atoms with Crippen molar-refractivity contribution in [1.82, 2.24) is 9.97 Å². The minimum absolute atomic E-state index is 0.140. The number of hydrogen-bond acceptors (Lipinski definition) is 4. The van der Waals surface area contributed by atoms with Crippen LogP contribution in [0.15, 0.2) is 41.8 Å². The van der Waals surface area contributed by atoms with Crippen molar-refractivity contribution in [3.63, 3.8) is 0 Å². The third kappa shape index (κ3) is 3.04. The van der Waals surface area contributed by atoms with E-state index in [1.165, 1.54) is 23.9 Å². The van der Waals surface area contributed by atoms with Crippen LogP contribution in [0, 0.1) is 11.2 Å². The lowest BCUT2D eigenvalue weighted by molar-refractivity contribution is 0.627. The van der Waals surface area contributed by atoms with Crippen LogP contribution in [0.2, 0.25) is 0 Å². The quantitative estimate of drug-likeness (QED) is 0.383. The Hall–Kier alpha value is -1.95. The van der Waals surface area contributed by atoms with E-state index in [1.54, 1.807) is 24.5 Å². The molecule has 0 saturated carbocycles. The van der Waals surface area contributed by atoms with Crippen LogP contribution in [0.25, 0.3) is 0 Å². The molecule has 4 nitrogen and oxygen atoms in total. The summed E-state index contributed by atoms with van der Waals surface area (Å²) in [6, 6.07) is 5.99. The van der Waals surface area contributed by atoms with E-state index in [0.717, 1.165) is 5.56 Å². The van der Waals surface area contributed by atoms with Crippen molar-refractivity contribution in [2.75, 3.05) is 0 Å². The van der Waals surface area contributed by atoms with E-state index in [-0.39, 0.29) is 5.84 Å². The van der Waals surface area contributed by atoms with Gasteiger partial charge in [-0.3, -0.25) is 5.41 Å². The van der Waals surface area contributed by atoms with Crippen LogP contribution in [0.3, 0.4) is 0 Å². The number of halogens is 1. The van der Waals surface area contributed by atoms with Gasteiger partial charge in [-0.15, -0.1) is 0 Å². The van der Waals surface area contributed by atoms with Gasteiger partial charge in [0.15, 0.2) is 5.16 Å². The molecular formula is C12H11FN4S. The van der Waals surface area contributed by atoms with E-state index in [2.05, 4.69) is 9.97 Å². The first-order valence-corrected chi connectivity index (χ1v) is 6.18. The molecule has 18 heavy (non-hydrogen) atoms. The summed E-state index contributed by atoms with van der Waals surface area (Å²) < 4.78 is 13.1. The zero-order valence-electron chi connectivity index (χ0n) is 9.43. The lowest BCUT2D eigenvalue weighted by atomic mass is 10.1. The Kier molecular flexibility index (Phi) is 3.88. The molecular weight excluding hydrogens is 251 g/mol.